The molecule has 2 N–H and O–H groups in total. The summed E-state index contributed by atoms with van der Waals surface area (Å²) in [7, 11) is -1.04. The zero-order valence-corrected chi connectivity index (χ0v) is 10.8. The fourth-order valence-corrected chi connectivity index (χ4v) is 2.08. The predicted octanol–water partition coefficient (Wildman–Crippen LogP) is 2.91. The fraction of sp³-hybridized carbons (Fsp3) is 0.286. The van der Waals surface area contributed by atoms with Gasteiger partial charge >= 0.3 is 7.12 Å². The highest BCUT2D eigenvalue weighted by Gasteiger charge is 2.30. The second-order valence-electron chi connectivity index (χ2n) is 4.54. The molecule has 100 valence electrons. The molecule has 0 bridgehead atoms. The molecular weight excluding hydrogens is 246 g/mol. The fourth-order valence-electron chi connectivity index (χ4n) is 2.08. The second kappa shape index (κ2) is 5.59. The van der Waals surface area contributed by atoms with Crippen LogP contribution in [0.2, 0.25) is 0 Å². The van der Waals surface area contributed by atoms with E-state index in [0.29, 0.717) is 17.5 Å². The highest BCUT2D eigenvalue weighted by atomic mass is 19.1. The quantitative estimate of drug-likeness (QED) is 0.823. The van der Waals surface area contributed by atoms with Crippen molar-refractivity contribution in [1.82, 2.24) is 0 Å². The average Bonchev–Trinajstić information content (AvgIpc) is 2.41. The summed E-state index contributed by atoms with van der Waals surface area (Å²) < 4.78 is 18.8. The van der Waals surface area contributed by atoms with Crippen LogP contribution in [0.5, 0.6) is 5.75 Å². The van der Waals surface area contributed by atoms with E-state index in [1.54, 1.807) is 6.07 Å². The van der Waals surface area contributed by atoms with E-state index >= 15 is 0 Å². The van der Waals surface area contributed by atoms with Crippen molar-refractivity contribution in [3.05, 3.63) is 53.3 Å². The Bertz CT molecular complexity index is 527. The van der Waals surface area contributed by atoms with E-state index in [1.165, 1.54) is 12.1 Å². The van der Waals surface area contributed by atoms with Crippen LogP contribution in [0.15, 0.2) is 41.9 Å². The van der Waals surface area contributed by atoms with Crippen LogP contribution in [0.25, 0.3) is 0 Å². The lowest BCUT2D eigenvalue weighted by molar-refractivity contribution is 0.168. The molecule has 0 saturated carbocycles. The van der Waals surface area contributed by atoms with Gasteiger partial charge in [0.05, 0.1) is 6.10 Å². The molecule has 1 aliphatic heterocycles. The zero-order valence-electron chi connectivity index (χ0n) is 10.8. The molecule has 0 aromatic heterocycles. The third-order valence-corrected chi connectivity index (χ3v) is 3.29. The lowest BCUT2D eigenvalue weighted by atomic mass is 9.70. The normalized spacial score (nSPS) is 19.2. The van der Waals surface area contributed by atoms with Gasteiger partial charge in [-0.05, 0) is 36.0 Å². The highest BCUT2D eigenvalue weighted by molar-refractivity contribution is 6.54. The Hall–Kier alpha value is -1.59. The molecule has 1 unspecified atom stereocenters. The summed E-state index contributed by atoms with van der Waals surface area (Å²) in [5.41, 5.74) is 2.12. The third-order valence-electron chi connectivity index (χ3n) is 3.29. The van der Waals surface area contributed by atoms with E-state index in [-0.39, 0.29) is 0 Å². The van der Waals surface area contributed by atoms with Crippen molar-refractivity contribution in [1.29, 1.82) is 0 Å². The van der Waals surface area contributed by atoms with Gasteiger partial charge in [0.25, 0.3) is 0 Å². The first-order valence-electron chi connectivity index (χ1n) is 6.23. The van der Waals surface area contributed by atoms with E-state index in [0.717, 1.165) is 12.0 Å². The van der Waals surface area contributed by atoms with Crippen molar-refractivity contribution >= 4 is 7.12 Å². The number of benzene rings is 1. The minimum Gasteiger partial charge on any atom is -0.505 e. The minimum atomic E-state index is -1.04. The van der Waals surface area contributed by atoms with Gasteiger partial charge in [-0.3, -0.25) is 0 Å². The van der Waals surface area contributed by atoms with Crippen molar-refractivity contribution < 1.29 is 19.2 Å². The van der Waals surface area contributed by atoms with Gasteiger partial charge in [-0.25, -0.2) is 4.39 Å². The predicted molar refractivity (Wildman–Crippen MR) is 72.0 cm³/mol. The third kappa shape index (κ3) is 2.88. The first-order chi connectivity index (χ1) is 9.02. The average molecular weight is 262 g/mol. The second-order valence-corrected chi connectivity index (χ2v) is 4.54. The van der Waals surface area contributed by atoms with Crippen molar-refractivity contribution in [2.45, 2.75) is 25.9 Å². The van der Waals surface area contributed by atoms with Crippen LogP contribution < -0.4 is 0 Å². The topological polar surface area (TPSA) is 49.7 Å². The largest absolute Gasteiger partial charge is 0.505 e. The molecule has 1 aromatic carbocycles. The Morgan fingerprint density at radius 3 is 2.89 bits per heavy atom. The number of allylic oxidation sites excluding steroid dienone is 2. The molecule has 2 rings (SSSR count). The highest BCUT2D eigenvalue weighted by Crippen LogP contribution is 2.32. The Balaban J connectivity index is 2.19. The van der Waals surface area contributed by atoms with Gasteiger partial charge in [-0.2, -0.15) is 0 Å². The van der Waals surface area contributed by atoms with Crippen molar-refractivity contribution in [3.8, 4) is 5.75 Å². The number of halogens is 1. The van der Waals surface area contributed by atoms with Gasteiger partial charge in [-0.1, -0.05) is 31.2 Å². The molecule has 1 heterocycles. The molecule has 0 aliphatic carbocycles. The number of rotatable bonds is 3. The van der Waals surface area contributed by atoms with Gasteiger partial charge in [0.2, 0.25) is 0 Å². The van der Waals surface area contributed by atoms with Gasteiger partial charge in [0.15, 0.2) is 11.6 Å². The van der Waals surface area contributed by atoms with E-state index in [1.807, 2.05) is 13.0 Å². The number of aromatic hydroxyl groups is 1. The zero-order chi connectivity index (χ0) is 14.0. The van der Waals surface area contributed by atoms with E-state index in [2.05, 4.69) is 6.58 Å². The van der Waals surface area contributed by atoms with E-state index in [9.17, 15) is 9.41 Å². The maximum Gasteiger partial charge on any atom is 0.491 e. The van der Waals surface area contributed by atoms with Gasteiger partial charge in [0.1, 0.15) is 0 Å². The van der Waals surface area contributed by atoms with Crippen LogP contribution in [-0.4, -0.2) is 17.2 Å². The van der Waals surface area contributed by atoms with Crippen LogP contribution in [0.3, 0.4) is 0 Å². The Kier molecular flexibility index (Phi) is 4.07. The summed E-state index contributed by atoms with van der Waals surface area (Å²) in [4.78, 5) is 0. The number of hydrogen-bond donors (Lipinski definition) is 2. The molecule has 0 radical (unpaired) electrons. The number of hydrogen-bond acceptors (Lipinski definition) is 3. The molecule has 0 saturated heterocycles. The molecule has 3 nitrogen and oxygen atoms in total. The SMILES string of the molecule is C=C(CC)C1=CCC(c2ccc(O)c(F)c2)OB1O. The molecule has 0 spiro atoms. The smallest absolute Gasteiger partial charge is 0.491 e. The van der Waals surface area contributed by atoms with E-state index in [4.69, 9.17) is 9.76 Å². The molecule has 0 amide bonds. The van der Waals surface area contributed by atoms with Gasteiger partial charge < -0.3 is 14.8 Å². The maximum absolute atomic E-state index is 13.3. The van der Waals surface area contributed by atoms with Gasteiger partial charge in [0, 0.05) is 0 Å². The first-order valence-corrected chi connectivity index (χ1v) is 6.23. The van der Waals surface area contributed by atoms with Crippen LogP contribution in [-0.2, 0) is 4.65 Å². The van der Waals surface area contributed by atoms with Gasteiger partial charge in [-0.15, -0.1) is 0 Å². The van der Waals surface area contributed by atoms with Crippen LogP contribution in [0, 0.1) is 5.82 Å². The molecule has 5 heteroatoms. The molecular formula is C14H16BFO3. The Morgan fingerprint density at radius 2 is 2.32 bits per heavy atom. The lowest BCUT2D eigenvalue weighted by Crippen LogP contribution is -2.28. The summed E-state index contributed by atoms with van der Waals surface area (Å²) in [6.45, 7) is 5.83. The molecule has 1 atom stereocenters. The molecule has 19 heavy (non-hydrogen) atoms. The van der Waals surface area contributed by atoms with Crippen molar-refractivity contribution in [3.63, 3.8) is 0 Å². The van der Waals surface area contributed by atoms with Crippen LogP contribution >= 0.6 is 0 Å². The standard InChI is InChI=1S/C14H16BFO3/c1-3-9(2)11-5-7-14(19-15(11)18)10-4-6-13(17)12(16)8-10/h4-6,8,14,17-18H,2-3,7H2,1H3. The molecule has 1 aromatic rings. The Morgan fingerprint density at radius 1 is 1.58 bits per heavy atom. The summed E-state index contributed by atoms with van der Waals surface area (Å²) in [6, 6.07) is 4.09. The first kappa shape index (κ1) is 13.8. The lowest BCUT2D eigenvalue weighted by Gasteiger charge is -2.26. The summed E-state index contributed by atoms with van der Waals surface area (Å²) in [5, 5.41) is 19.1. The van der Waals surface area contributed by atoms with Crippen molar-refractivity contribution in [2.75, 3.05) is 0 Å². The molecule has 1 aliphatic rings. The molecule has 0 fully saturated rings. The van der Waals surface area contributed by atoms with E-state index < -0.39 is 24.8 Å². The summed E-state index contributed by atoms with van der Waals surface area (Å²) in [5.74, 6) is -1.08. The monoisotopic (exact) mass is 262 g/mol. The minimum absolute atomic E-state index is 0.393. The van der Waals surface area contributed by atoms with Crippen LogP contribution in [0.1, 0.15) is 31.4 Å². The summed E-state index contributed by atoms with van der Waals surface area (Å²) >= 11 is 0. The Labute approximate surface area is 112 Å². The summed E-state index contributed by atoms with van der Waals surface area (Å²) in [6.07, 6.45) is 2.73. The number of phenols is 1. The van der Waals surface area contributed by atoms with Crippen molar-refractivity contribution in [2.24, 2.45) is 0 Å². The number of phenolic OH excluding ortho intramolecular Hbond substituents is 1. The van der Waals surface area contributed by atoms with Crippen LogP contribution in [0.4, 0.5) is 4.39 Å². The maximum atomic E-state index is 13.3.